The van der Waals surface area contributed by atoms with Crippen molar-refractivity contribution in [1.82, 2.24) is 19.4 Å². The third-order valence-corrected chi connectivity index (χ3v) is 8.87. The highest BCUT2D eigenvalue weighted by molar-refractivity contribution is 8.03. The maximum atomic E-state index is 10.3. The van der Waals surface area contributed by atoms with Crippen LogP contribution in [-0.4, -0.2) is 100 Å². The number of hydrogen-bond acceptors (Lipinski definition) is 7. The molecule has 0 aromatic carbocycles. The van der Waals surface area contributed by atoms with E-state index in [1.54, 1.807) is 7.11 Å². The zero-order chi connectivity index (χ0) is 18.7. The van der Waals surface area contributed by atoms with Crippen LogP contribution in [0.1, 0.15) is 5.82 Å². The minimum Gasteiger partial charge on any atom is -0.396 e. The van der Waals surface area contributed by atoms with E-state index in [9.17, 15) is 5.11 Å². The summed E-state index contributed by atoms with van der Waals surface area (Å²) >= 11 is 4.20. The average Bonchev–Trinajstić information content (AvgIpc) is 3.26. The molecule has 8 heteroatoms. The number of likely N-dealkylation sites (tertiary alicyclic amines) is 2. The summed E-state index contributed by atoms with van der Waals surface area (Å²) in [5.41, 5.74) is 0.0472. The van der Waals surface area contributed by atoms with Gasteiger partial charge in [-0.1, -0.05) is 0 Å². The highest BCUT2D eigenvalue weighted by atomic mass is 32.2. The smallest absolute Gasteiger partial charge is 0.122 e. The highest BCUT2D eigenvalue weighted by Crippen LogP contribution is 2.44. The first kappa shape index (κ1) is 20.0. The summed E-state index contributed by atoms with van der Waals surface area (Å²) in [5, 5.41) is 10.3. The van der Waals surface area contributed by atoms with Gasteiger partial charge in [-0.25, -0.2) is 4.98 Å². The second-order valence-corrected chi connectivity index (χ2v) is 10.4. The monoisotopic (exact) mass is 412 g/mol. The minimum absolute atomic E-state index is 0.0472. The zero-order valence-electron chi connectivity index (χ0n) is 16.3. The fourth-order valence-corrected chi connectivity index (χ4v) is 7.48. The van der Waals surface area contributed by atoms with Gasteiger partial charge in [-0.3, -0.25) is 9.80 Å². The molecule has 0 aliphatic carbocycles. The van der Waals surface area contributed by atoms with Gasteiger partial charge in [0.05, 0.1) is 19.8 Å². The van der Waals surface area contributed by atoms with E-state index in [-0.39, 0.29) is 5.41 Å². The molecule has 1 aromatic rings. The number of aliphatic hydroxyl groups is 1. The lowest BCUT2D eigenvalue weighted by molar-refractivity contribution is 0.106. The fourth-order valence-electron chi connectivity index (χ4n) is 4.86. The summed E-state index contributed by atoms with van der Waals surface area (Å²) in [6.07, 6.45) is 3.92. The van der Waals surface area contributed by atoms with Crippen molar-refractivity contribution in [3.8, 4) is 0 Å². The second-order valence-electron chi connectivity index (χ2n) is 8.15. The van der Waals surface area contributed by atoms with Crippen LogP contribution in [0, 0.1) is 11.3 Å². The van der Waals surface area contributed by atoms with Gasteiger partial charge in [-0.2, -0.15) is 23.5 Å². The van der Waals surface area contributed by atoms with Crippen LogP contribution >= 0.6 is 23.5 Å². The van der Waals surface area contributed by atoms with Crippen molar-refractivity contribution < 1.29 is 9.84 Å². The molecule has 0 radical (unpaired) electrons. The number of ether oxygens (including phenoxy) is 1. The van der Waals surface area contributed by atoms with E-state index in [1.807, 2.05) is 12.4 Å². The number of imidazole rings is 1. The molecule has 27 heavy (non-hydrogen) atoms. The molecule has 1 aromatic heterocycles. The molecule has 0 amide bonds. The Morgan fingerprint density at radius 1 is 1.26 bits per heavy atom. The molecule has 0 spiro atoms. The molecule has 2 atom stereocenters. The lowest BCUT2D eigenvalue weighted by Gasteiger charge is -2.31. The number of rotatable bonds is 7. The SMILES string of the molecule is COCCn1ccnc1CN1CC2CN(C3CSCCSC3)CC2(CO)C1. The van der Waals surface area contributed by atoms with Gasteiger partial charge in [0.2, 0.25) is 0 Å². The first-order chi connectivity index (χ1) is 13.2. The van der Waals surface area contributed by atoms with Crippen molar-refractivity contribution in [1.29, 1.82) is 0 Å². The normalized spacial score (nSPS) is 30.7. The molecule has 1 N–H and O–H groups in total. The van der Waals surface area contributed by atoms with Crippen LogP contribution in [0.25, 0.3) is 0 Å². The lowest BCUT2D eigenvalue weighted by Crippen LogP contribution is -2.42. The van der Waals surface area contributed by atoms with Crippen molar-refractivity contribution in [3.63, 3.8) is 0 Å². The Labute approximate surface area is 171 Å². The van der Waals surface area contributed by atoms with E-state index in [0.717, 1.165) is 45.1 Å². The van der Waals surface area contributed by atoms with Crippen LogP contribution in [0.15, 0.2) is 12.4 Å². The predicted octanol–water partition coefficient (Wildman–Crippen LogP) is 1.10. The molecule has 4 rings (SSSR count). The Balaban J connectivity index is 1.37. The molecule has 152 valence electrons. The maximum Gasteiger partial charge on any atom is 0.122 e. The minimum atomic E-state index is 0.0472. The van der Waals surface area contributed by atoms with Gasteiger partial charge in [-0.05, 0) is 5.92 Å². The number of hydrogen-bond donors (Lipinski definition) is 1. The summed E-state index contributed by atoms with van der Waals surface area (Å²) in [5.74, 6) is 6.75. The average molecular weight is 413 g/mol. The maximum absolute atomic E-state index is 10.3. The second kappa shape index (κ2) is 9.05. The van der Waals surface area contributed by atoms with Gasteiger partial charge < -0.3 is 14.4 Å². The van der Waals surface area contributed by atoms with Crippen LogP contribution in [0.2, 0.25) is 0 Å². The van der Waals surface area contributed by atoms with Gasteiger partial charge in [-0.15, -0.1) is 0 Å². The van der Waals surface area contributed by atoms with Gasteiger partial charge in [0.1, 0.15) is 5.82 Å². The Morgan fingerprint density at radius 2 is 2.07 bits per heavy atom. The Bertz CT molecular complexity index is 608. The zero-order valence-corrected chi connectivity index (χ0v) is 17.9. The van der Waals surface area contributed by atoms with E-state index >= 15 is 0 Å². The van der Waals surface area contributed by atoms with Gasteiger partial charge in [0.25, 0.3) is 0 Å². The number of thioether (sulfide) groups is 2. The van der Waals surface area contributed by atoms with E-state index < -0.39 is 0 Å². The molecule has 0 saturated carbocycles. The predicted molar refractivity (Wildman–Crippen MR) is 112 cm³/mol. The quantitative estimate of drug-likeness (QED) is 0.720. The summed E-state index contributed by atoms with van der Waals surface area (Å²) in [4.78, 5) is 9.75. The molecular weight excluding hydrogens is 380 g/mol. The molecular formula is C19H32N4O2S2. The molecule has 4 heterocycles. The Kier molecular flexibility index (Phi) is 6.72. The van der Waals surface area contributed by atoms with E-state index in [2.05, 4.69) is 42.9 Å². The van der Waals surface area contributed by atoms with E-state index in [4.69, 9.17) is 4.74 Å². The van der Waals surface area contributed by atoms with Crippen molar-refractivity contribution in [3.05, 3.63) is 18.2 Å². The third-order valence-electron chi connectivity index (χ3n) is 6.38. The molecule has 3 aliphatic heterocycles. The molecule has 3 fully saturated rings. The fraction of sp³-hybridized carbons (Fsp3) is 0.842. The summed E-state index contributed by atoms with van der Waals surface area (Å²) < 4.78 is 7.40. The van der Waals surface area contributed by atoms with Gasteiger partial charge in [0, 0.05) is 86.7 Å². The third kappa shape index (κ3) is 4.36. The Morgan fingerprint density at radius 3 is 2.78 bits per heavy atom. The lowest BCUT2D eigenvalue weighted by atomic mass is 9.82. The summed E-state index contributed by atoms with van der Waals surface area (Å²) in [6.45, 7) is 6.96. The van der Waals surface area contributed by atoms with Crippen LogP contribution in [0.5, 0.6) is 0 Å². The number of fused-ring (bicyclic) bond motifs is 1. The topological polar surface area (TPSA) is 53.8 Å². The number of nitrogens with zero attached hydrogens (tertiary/aromatic N) is 4. The number of aliphatic hydroxyl groups excluding tert-OH is 1. The van der Waals surface area contributed by atoms with E-state index in [0.29, 0.717) is 25.2 Å². The molecule has 3 aliphatic rings. The van der Waals surface area contributed by atoms with Crippen LogP contribution in [-0.2, 0) is 17.8 Å². The molecule has 0 bridgehead atoms. The number of methoxy groups -OCH3 is 1. The molecule has 6 nitrogen and oxygen atoms in total. The largest absolute Gasteiger partial charge is 0.396 e. The van der Waals surface area contributed by atoms with Crippen molar-refractivity contribution in [2.75, 3.05) is 69.5 Å². The molecule has 3 saturated heterocycles. The first-order valence-corrected chi connectivity index (χ1v) is 12.3. The molecule has 2 unspecified atom stereocenters. The van der Waals surface area contributed by atoms with Crippen LogP contribution in [0.4, 0.5) is 0 Å². The number of aromatic nitrogens is 2. The first-order valence-electron chi connectivity index (χ1n) is 9.96. The van der Waals surface area contributed by atoms with Crippen molar-refractivity contribution in [2.45, 2.75) is 19.1 Å². The van der Waals surface area contributed by atoms with Crippen molar-refractivity contribution >= 4 is 23.5 Å². The summed E-state index contributed by atoms with van der Waals surface area (Å²) in [6, 6.07) is 0.679. The highest BCUT2D eigenvalue weighted by Gasteiger charge is 2.53. The van der Waals surface area contributed by atoms with Crippen molar-refractivity contribution in [2.24, 2.45) is 11.3 Å². The Hall–Kier alpha value is -0.250. The van der Waals surface area contributed by atoms with Gasteiger partial charge in [0.15, 0.2) is 0 Å². The van der Waals surface area contributed by atoms with Crippen LogP contribution < -0.4 is 0 Å². The van der Waals surface area contributed by atoms with E-state index in [1.165, 1.54) is 23.0 Å². The summed E-state index contributed by atoms with van der Waals surface area (Å²) in [7, 11) is 1.74. The van der Waals surface area contributed by atoms with Gasteiger partial charge >= 0.3 is 0 Å². The van der Waals surface area contributed by atoms with Crippen LogP contribution in [0.3, 0.4) is 0 Å². The standard InChI is InChI=1S/C19H32N4O2S2/c1-25-5-4-22-3-2-20-18(22)10-21-8-16-9-23(14-19(16,13-21)15-24)17-11-26-6-7-27-12-17/h2-3,16-17,24H,4-15H2,1H3.